The molecule has 1 rings (SSSR count). The molecule has 0 saturated heterocycles. The SMILES string of the molecule is CC1NC=CN1CCNC(=O)O. The second-order valence-electron chi connectivity index (χ2n) is 2.63. The van der Waals surface area contributed by atoms with Crippen molar-refractivity contribution < 1.29 is 9.90 Å². The molecular weight excluding hydrogens is 158 g/mol. The van der Waals surface area contributed by atoms with Crippen LogP contribution < -0.4 is 10.6 Å². The van der Waals surface area contributed by atoms with Crippen molar-refractivity contribution >= 4 is 6.09 Å². The van der Waals surface area contributed by atoms with Gasteiger partial charge in [0.2, 0.25) is 0 Å². The van der Waals surface area contributed by atoms with Crippen LogP contribution in [0.15, 0.2) is 12.4 Å². The molecular formula is C7H13N3O2. The van der Waals surface area contributed by atoms with Gasteiger partial charge in [-0.1, -0.05) is 0 Å². The zero-order valence-corrected chi connectivity index (χ0v) is 6.95. The molecule has 0 radical (unpaired) electrons. The summed E-state index contributed by atoms with van der Waals surface area (Å²) < 4.78 is 0. The molecule has 0 fully saturated rings. The molecule has 1 aliphatic rings. The lowest BCUT2D eigenvalue weighted by Crippen LogP contribution is -2.37. The Morgan fingerprint density at radius 3 is 3.08 bits per heavy atom. The van der Waals surface area contributed by atoms with E-state index in [1.54, 1.807) is 0 Å². The van der Waals surface area contributed by atoms with Gasteiger partial charge in [0.1, 0.15) is 0 Å². The van der Waals surface area contributed by atoms with E-state index < -0.39 is 6.09 Å². The van der Waals surface area contributed by atoms with Gasteiger partial charge in [0.25, 0.3) is 0 Å². The Labute approximate surface area is 71.0 Å². The van der Waals surface area contributed by atoms with E-state index in [0.29, 0.717) is 13.1 Å². The van der Waals surface area contributed by atoms with Crippen molar-refractivity contribution in [3.63, 3.8) is 0 Å². The minimum atomic E-state index is -0.973. The van der Waals surface area contributed by atoms with Gasteiger partial charge in [-0.3, -0.25) is 0 Å². The molecule has 1 unspecified atom stereocenters. The summed E-state index contributed by atoms with van der Waals surface area (Å²) >= 11 is 0. The molecule has 0 aromatic rings. The number of carboxylic acid groups (broad SMARTS) is 1. The molecule has 0 aliphatic carbocycles. The molecule has 1 heterocycles. The summed E-state index contributed by atoms with van der Waals surface area (Å²) in [4.78, 5) is 12.1. The first-order valence-corrected chi connectivity index (χ1v) is 3.85. The number of rotatable bonds is 3. The van der Waals surface area contributed by atoms with Gasteiger partial charge in [-0.2, -0.15) is 0 Å². The molecule has 0 spiro atoms. The van der Waals surface area contributed by atoms with E-state index in [4.69, 9.17) is 5.11 Å². The van der Waals surface area contributed by atoms with Crippen molar-refractivity contribution in [3.05, 3.63) is 12.4 Å². The molecule has 0 saturated carbocycles. The number of amides is 1. The molecule has 5 heteroatoms. The van der Waals surface area contributed by atoms with Gasteiger partial charge in [-0.05, 0) is 6.92 Å². The summed E-state index contributed by atoms with van der Waals surface area (Å²) in [7, 11) is 0. The minimum Gasteiger partial charge on any atom is -0.465 e. The molecule has 1 amide bonds. The summed E-state index contributed by atoms with van der Waals surface area (Å²) in [6, 6.07) is 0. The third-order valence-corrected chi connectivity index (χ3v) is 1.75. The first-order valence-electron chi connectivity index (χ1n) is 3.85. The number of nitrogens with one attached hydrogen (secondary N) is 2. The van der Waals surface area contributed by atoms with Crippen LogP contribution in [0, 0.1) is 0 Å². The van der Waals surface area contributed by atoms with Gasteiger partial charge in [-0.15, -0.1) is 0 Å². The molecule has 1 aliphatic heterocycles. The average Bonchev–Trinajstić information content (AvgIpc) is 2.36. The van der Waals surface area contributed by atoms with Crippen LogP contribution in [0.1, 0.15) is 6.92 Å². The van der Waals surface area contributed by atoms with Crippen molar-refractivity contribution in [2.24, 2.45) is 0 Å². The number of nitrogens with zero attached hydrogens (tertiary/aromatic N) is 1. The minimum absolute atomic E-state index is 0.264. The quantitative estimate of drug-likeness (QED) is 0.558. The van der Waals surface area contributed by atoms with Crippen LogP contribution >= 0.6 is 0 Å². The summed E-state index contributed by atoms with van der Waals surface area (Å²) in [6.07, 6.45) is 3.05. The van der Waals surface area contributed by atoms with Crippen molar-refractivity contribution in [1.82, 2.24) is 15.5 Å². The van der Waals surface area contributed by atoms with Gasteiger partial charge < -0.3 is 20.6 Å². The fourth-order valence-corrected chi connectivity index (χ4v) is 1.06. The summed E-state index contributed by atoms with van der Waals surface area (Å²) in [5, 5.41) is 13.7. The lowest BCUT2D eigenvalue weighted by Gasteiger charge is -2.21. The van der Waals surface area contributed by atoms with Crippen LogP contribution in [-0.4, -0.2) is 35.4 Å². The smallest absolute Gasteiger partial charge is 0.404 e. The van der Waals surface area contributed by atoms with Gasteiger partial charge in [0, 0.05) is 25.5 Å². The fraction of sp³-hybridized carbons (Fsp3) is 0.571. The maximum atomic E-state index is 10.1. The predicted octanol–water partition coefficient (Wildman–Crippen LogP) is -0.0236. The molecule has 3 N–H and O–H groups in total. The number of carbonyl (C=O) groups is 1. The van der Waals surface area contributed by atoms with Crippen LogP contribution in [0.4, 0.5) is 4.79 Å². The predicted molar refractivity (Wildman–Crippen MR) is 44.5 cm³/mol. The van der Waals surface area contributed by atoms with Gasteiger partial charge in [0.15, 0.2) is 0 Å². The largest absolute Gasteiger partial charge is 0.465 e. The van der Waals surface area contributed by atoms with Crippen LogP contribution in [0.5, 0.6) is 0 Å². The molecule has 0 aromatic heterocycles. The van der Waals surface area contributed by atoms with Crippen LogP contribution in [-0.2, 0) is 0 Å². The number of hydrogen-bond donors (Lipinski definition) is 3. The topological polar surface area (TPSA) is 64.6 Å². The highest BCUT2D eigenvalue weighted by atomic mass is 16.4. The van der Waals surface area contributed by atoms with E-state index in [1.807, 2.05) is 24.2 Å². The van der Waals surface area contributed by atoms with Crippen molar-refractivity contribution in [3.8, 4) is 0 Å². The van der Waals surface area contributed by atoms with Crippen LogP contribution in [0.3, 0.4) is 0 Å². The van der Waals surface area contributed by atoms with Crippen molar-refractivity contribution in [2.45, 2.75) is 13.1 Å². The summed E-state index contributed by atoms with van der Waals surface area (Å²) in [6.45, 7) is 3.16. The normalized spacial score (nSPS) is 20.8. The molecule has 12 heavy (non-hydrogen) atoms. The maximum Gasteiger partial charge on any atom is 0.404 e. The van der Waals surface area contributed by atoms with Crippen LogP contribution in [0.2, 0.25) is 0 Å². The van der Waals surface area contributed by atoms with Gasteiger partial charge in [-0.25, -0.2) is 4.79 Å². The molecule has 1 atom stereocenters. The third-order valence-electron chi connectivity index (χ3n) is 1.75. The monoisotopic (exact) mass is 171 g/mol. The maximum absolute atomic E-state index is 10.1. The van der Waals surface area contributed by atoms with E-state index in [-0.39, 0.29) is 6.17 Å². The van der Waals surface area contributed by atoms with E-state index in [0.717, 1.165) is 0 Å². The van der Waals surface area contributed by atoms with E-state index in [9.17, 15) is 4.79 Å². The average molecular weight is 171 g/mol. The highest BCUT2D eigenvalue weighted by Crippen LogP contribution is 2.01. The second-order valence-corrected chi connectivity index (χ2v) is 2.63. The fourth-order valence-electron chi connectivity index (χ4n) is 1.06. The molecule has 0 aromatic carbocycles. The summed E-state index contributed by atoms with van der Waals surface area (Å²) in [5.41, 5.74) is 0. The Kier molecular flexibility index (Phi) is 2.79. The Hall–Kier alpha value is -1.39. The molecule has 0 bridgehead atoms. The molecule has 68 valence electrons. The number of hydrogen-bond acceptors (Lipinski definition) is 3. The van der Waals surface area contributed by atoms with Gasteiger partial charge in [0.05, 0.1) is 6.17 Å². The lowest BCUT2D eigenvalue weighted by atomic mass is 10.4. The third kappa shape index (κ3) is 2.34. The van der Waals surface area contributed by atoms with E-state index in [1.165, 1.54) is 0 Å². The Bertz CT molecular complexity index is 193. The Morgan fingerprint density at radius 1 is 1.83 bits per heavy atom. The summed E-state index contributed by atoms with van der Waals surface area (Å²) in [5.74, 6) is 0. The zero-order chi connectivity index (χ0) is 8.97. The zero-order valence-electron chi connectivity index (χ0n) is 6.95. The highest BCUT2D eigenvalue weighted by molar-refractivity contribution is 5.64. The Morgan fingerprint density at radius 2 is 2.58 bits per heavy atom. The lowest BCUT2D eigenvalue weighted by molar-refractivity contribution is 0.192. The van der Waals surface area contributed by atoms with E-state index in [2.05, 4.69) is 10.6 Å². The first kappa shape index (κ1) is 8.70. The second kappa shape index (κ2) is 3.85. The van der Waals surface area contributed by atoms with Crippen molar-refractivity contribution in [2.75, 3.05) is 13.1 Å². The molecule has 5 nitrogen and oxygen atoms in total. The van der Waals surface area contributed by atoms with Gasteiger partial charge >= 0.3 is 6.09 Å². The van der Waals surface area contributed by atoms with Crippen LogP contribution in [0.25, 0.3) is 0 Å². The first-order chi connectivity index (χ1) is 5.70. The Balaban J connectivity index is 2.14. The van der Waals surface area contributed by atoms with Crippen molar-refractivity contribution in [1.29, 1.82) is 0 Å². The standard InChI is InChI=1S/C7H13N3O2/c1-6-8-2-4-10(6)5-3-9-7(11)12/h2,4,6,8-9H,3,5H2,1H3,(H,11,12). The van der Waals surface area contributed by atoms with E-state index >= 15 is 0 Å². The highest BCUT2D eigenvalue weighted by Gasteiger charge is 2.11.